The third-order valence-electron chi connectivity index (χ3n) is 4.27. The van der Waals surface area contributed by atoms with Gasteiger partial charge in [-0.3, -0.25) is 4.79 Å². The molecule has 0 radical (unpaired) electrons. The van der Waals surface area contributed by atoms with Gasteiger partial charge in [0.25, 0.3) is 5.91 Å². The topological polar surface area (TPSA) is 80.7 Å². The summed E-state index contributed by atoms with van der Waals surface area (Å²) in [5, 5.41) is 13.8. The minimum absolute atomic E-state index is 0.101. The molecule has 3 rings (SSSR count). The van der Waals surface area contributed by atoms with Gasteiger partial charge in [0.05, 0.1) is 29.7 Å². The fourth-order valence-corrected chi connectivity index (χ4v) is 3.03. The molecule has 1 aromatic carbocycles. The van der Waals surface area contributed by atoms with Gasteiger partial charge in [0.15, 0.2) is 5.69 Å². The molecule has 1 amide bonds. The predicted octanol–water partition coefficient (Wildman–Crippen LogP) is 3.79. The van der Waals surface area contributed by atoms with Crippen molar-refractivity contribution in [3.63, 3.8) is 0 Å². The van der Waals surface area contributed by atoms with Gasteiger partial charge >= 0.3 is 6.18 Å². The van der Waals surface area contributed by atoms with Gasteiger partial charge in [0.2, 0.25) is 0 Å². The van der Waals surface area contributed by atoms with Crippen molar-refractivity contribution in [2.75, 3.05) is 20.2 Å². The second kappa shape index (κ2) is 9.54. The van der Waals surface area contributed by atoms with Crippen LogP contribution in [0.2, 0.25) is 5.02 Å². The van der Waals surface area contributed by atoms with Gasteiger partial charge in [-0.05, 0) is 24.3 Å². The fourth-order valence-electron chi connectivity index (χ4n) is 2.82. The maximum absolute atomic E-state index is 13.2. The summed E-state index contributed by atoms with van der Waals surface area (Å²) in [7, 11) is 1.36. The van der Waals surface area contributed by atoms with E-state index in [4.69, 9.17) is 20.8 Å². The largest absolute Gasteiger partial charge is 0.467 e. The van der Waals surface area contributed by atoms with Crippen LogP contribution >= 0.6 is 11.6 Å². The minimum Gasteiger partial charge on any atom is -0.467 e. The highest BCUT2D eigenvalue weighted by Gasteiger charge is 2.37. The van der Waals surface area contributed by atoms with Crippen LogP contribution in [-0.2, 0) is 17.5 Å². The lowest BCUT2D eigenvalue weighted by molar-refractivity contribution is -0.141. The Kier molecular flexibility index (Phi) is 7.04. The van der Waals surface area contributed by atoms with Gasteiger partial charge in [-0.1, -0.05) is 23.7 Å². The molecular formula is C20H19ClF3N3O4. The standard InChI is InChI=1S/C20H19ClF3N3O4/c1-26(10-13(28)11-30-12-14-5-4-8-31-14)19(29)17-9-18(20(22,23)24)25-27(17)16-7-3-2-6-15(16)21/h2-9,13,28H,10-12H2,1H3. The molecule has 166 valence electrons. The average molecular weight is 458 g/mol. The highest BCUT2D eigenvalue weighted by molar-refractivity contribution is 6.32. The Hall–Kier alpha value is -2.82. The van der Waals surface area contributed by atoms with Crippen molar-refractivity contribution in [3.05, 3.63) is 70.9 Å². The Morgan fingerprint density at radius 3 is 2.71 bits per heavy atom. The van der Waals surface area contributed by atoms with Crippen molar-refractivity contribution < 1.29 is 32.2 Å². The number of furan rings is 1. The van der Waals surface area contributed by atoms with Gasteiger partial charge < -0.3 is 19.2 Å². The van der Waals surface area contributed by atoms with Crippen LogP contribution in [0.5, 0.6) is 0 Å². The molecular weight excluding hydrogens is 439 g/mol. The number of amides is 1. The van der Waals surface area contributed by atoms with Crippen LogP contribution in [0.4, 0.5) is 13.2 Å². The molecule has 0 bridgehead atoms. The van der Waals surface area contributed by atoms with Crippen molar-refractivity contribution in [3.8, 4) is 5.69 Å². The van der Waals surface area contributed by atoms with Crippen LogP contribution in [-0.4, -0.2) is 52.0 Å². The minimum atomic E-state index is -4.75. The molecule has 1 unspecified atom stereocenters. The summed E-state index contributed by atoms with van der Waals surface area (Å²) in [5.74, 6) is -0.201. The van der Waals surface area contributed by atoms with Gasteiger partial charge in [-0.15, -0.1) is 0 Å². The van der Waals surface area contributed by atoms with Crippen LogP contribution in [0.15, 0.2) is 53.1 Å². The van der Waals surface area contributed by atoms with Crippen molar-refractivity contribution in [2.45, 2.75) is 18.9 Å². The van der Waals surface area contributed by atoms with Crippen molar-refractivity contribution in [1.82, 2.24) is 14.7 Å². The van der Waals surface area contributed by atoms with E-state index in [0.29, 0.717) is 11.8 Å². The Morgan fingerprint density at radius 2 is 2.06 bits per heavy atom. The summed E-state index contributed by atoms with van der Waals surface area (Å²) in [6.07, 6.45) is -4.33. The SMILES string of the molecule is CN(CC(O)COCc1ccco1)C(=O)c1cc(C(F)(F)F)nn1-c1ccccc1Cl. The number of nitrogens with zero attached hydrogens (tertiary/aromatic N) is 3. The number of aliphatic hydroxyl groups excluding tert-OH is 1. The molecule has 0 aliphatic heterocycles. The van der Waals surface area contributed by atoms with Crippen LogP contribution in [0.1, 0.15) is 21.9 Å². The number of carbonyl (C=O) groups excluding carboxylic acids is 1. The Bertz CT molecular complexity index is 1020. The van der Waals surface area contributed by atoms with E-state index in [9.17, 15) is 23.1 Å². The second-order valence-electron chi connectivity index (χ2n) is 6.71. The fraction of sp³-hybridized carbons (Fsp3) is 0.300. The smallest absolute Gasteiger partial charge is 0.435 e. The number of hydrogen-bond donors (Lipinski definition) is 1. The Labute approximate surface area is 180 Å². The van der Waals surface area contributed by atoms with Crippen molar-refractivity contribution in [2.24, 2.45) is 0 Å². The number of rotatable bonds is 8. The number of hydrogen-bond acceptors (Lipinski definition) is 5. The molecule has 31 heavy (non-hydrogen) atoms. The molecule has 0 saturated carbocycles. The number of ether oxygens (including phenoxy) is 1. The van der Waals surface area contributed by atoms with E-state index in [1.165, 1.54) is 25.4 Å². The highest BCUT2D eigenvalue weighted by atomic mass is 35.5. The van der Waals surface area contributed by atoms with E-state index < -0.39 is 23.9 Å². The summed E-state index contributed by atoms with van der Waals surface area (Å²) in [6, 6.07) is 10.1. The third kappa shape index (κ3) is 5.66. The van der Waals surface area contributed by atoms with E-state index in [-0.39, 0.29) is 36.2 Å². The number of halogens is 4. The molecule has 11 heteroatoms. The predicted molar refractivity (Wildman–Crippen MR) is 105 cm³/mol. The summed E-state index contributed by atoms with van der Waals surface area (Å²) < 4.78 is 51.0. The summed E-state index contributed by atoms with van der Waals surface area (Å²) in [5.41, 5.74) is -1.45. The van der Waals surface area contributed by atoms with E-state index in [2.05, 4.69) is 5.10 Å². The first-order valence-corrected chi connectivity index (χ1v) is 9.50. The summed E-state index contributed by atoms with van der Waals surface area (Å²) in [4.78, 5) is 14.0. The lowest BCUT2D eigenvalue weighted by atomic mass is 10.2. The number of alkyl halides is 3. The highest BCUT2D eigenvalue weighted by Crippen LogP contribution is 2.31. The lowest BCUT2D eigenvalue weighted by Gasteiger charge is -2.21. The maximum atomic E-state index is 13.2. The molecule has 1 N–H and O–H groups in total. The molecule has 7 nitrogen and oxygen atoms in total. The second-order valence-corrected chi connectivity index (χ2v) is 7.12. The summed E-state index contributed by atoms with van der Waals surface area (Å²) in [6.45, 7) is -0.141. The molecule has 0 fully saturated rings. The Morgan fingerprint density at radius 1 is 1.32 bits per heavy atom. The van der Waals surface area contributed by atoms with Crippen LogP contribution < -0.4 is 0 Å². The van der Waals surface area contributed by atoms with Crippen LogP contribution in [0.3, 0.4) is 0 Å². The lowest BCUT2D eigenvalue weighted by Crippen LogP contribution is -2.37. The molecule has 0 spiro atoms. The molecule has 2 aromatic heterocycles. The van der Waals surface area contributed by atoms with Gasteiger partial charge in [-0.2, -0.15) is 18.3 Å². The molecule has 0 aliphatic rings. The van der Waals surface area contributed by atoms with E-state index in [0.717, 1.165) is 9.58 Å². The molecule has 2 heterocycles. The van der Waals surface area contributed by atoms with Crippen LogP contribution in [0.25, 0.3) is 5.69 Å². The molecule has 3 aromatic rings. The van der Waals surface area contributed by atoms with Gasteiger partial charge in [-0.25, -0.2) is 4.68 Å². The maximum Gasteiger partial charge on any atom is 0.435 e. The first kappa shape index (κ1) is 22.9. The average Bonchev–Trinajstić information content (AvgIpc) is 3.37. The number of carbonyl (C=O) groups is 1. The first-order valence-electron chi connectivity index (χ1n) is 9.12. The van der Waals surface area contributed by atoms with E-state index >= 15 is 0 Å². The van der Waals surface area contributed by atoms with Crippen molar-refractivity contribution >= 4 is 17.5 Å². The zero-order valence-electron chi connectivity index (χ0n) is 16.3. The Balaban J connectivity index is 1.75. The monoisotopic (exact) mass is 457 g/mol. The van der Waals surface area contributed by atoms with E-state index in [1.807, 2.05) is 0 Å². The number of aromatic nitrogens is 2. The van der Waals surface area contributed by atoms with Crippen LogP contribution in [0, 0.1) is 0 Å². The zero-order valence-corrected chi connectivity index (χ0v) is 17.1. The summed E-state index contributed by atoms with van der Waals surface area (Å²) >= 11 is 6.09. The molecule has 0 aliphatic carbocycles. The normalized spacial score (nSPS) is 12.7. The number of likely N-dealkylation sites (N-methyl/N-ethyl adjacent to an activating group) is 1. The quantitative estimate of drug-likeness (QED) is 0.556. The molecule has 1 atom stereocenters. The van der Waals surface area contributed by atoms with Gasteiger partial charge in [0, 0.05) is 19.7 Å². The first-order chi connectivity index (χ1) is 14.7. The number of aliphatic hydroxyl groups is 1. The molecule has 0 saturated heterocycles. The van der Waals surface area contributed by atoms with Gasteiger partial charge in [0.1, 0.15) is 18.1 Å². The third-order valence-corrected chi connectivity index (χ3v) is 4.59. The zero-order chi connectivity index (χ0) is 22.6. The van der Waals surface area contributed by atoms with E-state index in [1.54, 1.807) is 24.3 Å². The van der Waals surface area contributed by atoms with Crippen molar-refractivity contribution in [1.29, 1.82) is 0 Å². The number of para-hydroxylation sites is 1. The number of benzene rings is 1.